The van der Waals surface area contributed by atoms with Gasteiger partial charge in [0.05, 0.1) is 29.5 Å². The van der Waals surface area contributed by atoms with Crippen molar-refractivity contribution in [1.29, 1.82) is 0 Å². The number of carbonyl (C=O) groups is 1. The van der Waals surface area contributed by atoms with Crippen molar-refractivity contribution in [1.82, 2.24) is 9.97 Å². The number of benzene rings is 1. The van der Waals surface area contributed by atoms with Gasteiger partial charge in [0.1, 0.15) is 4.88 Å². The van der Waals surface area contributed by atoms with Crippen LogP contribution in [0.1, 0.15) is 9.67 Å². The Bertz CT molecular complexity index is 819. The second kappa shape index (κ2) is 5.67. The van der Waals surface area contributed by atoms with Crippen LogP contribution in [-0.2, 0) is 4.74 Å². The molecular formula is C14H10ClN3O2S. The highest BCUT2D eigenvalue weighted by molar-refractivity contribution is 7.17. The van der Waals surface area contributed by atoms with E-state index in [0.717, 1.165) is 16.6 Å². The molecule has 2 aromatic heterocycles. The minimum Gasteiger partial charge on any atom is -0.465 e. The summed E-state index contributed by atoms with van der Waals surface area (Å²) in [6.07, 6.45) is 3.18. The van der Waals surface area contributed by atoms with Crippen molar-refractivity contribution in [3.05, 3.63) is 46.6 Å². The summed E-state index contributed by atoms with van der Waals surface area (Å²) < 4.78 is 4.66. The third-order valence-electron chi connectivity index (χ3n) is 2.85. The van der Waals surface area contributed by atoms with Gasteiger partial charge in [-0.15, -0.1) is 0 Å². The molecule has 1 aromatic carbocycles. The molecule has 0 aliphatic rings. The number of carbonyl (C=O) groups excluding carboxylic acids is 1. The summed E-state index contributed by atoms with van der Waals surface area (Å²) in [4.78, 5) is 20.4. The van der Waals surface area contributed by atoms with Gasteiger partial charge in [-0.2, -0.15) is 0 Å². The zero-order chi connectivity index (χ0) is 14.8. The lowest BCUT2D eigenvalue weighted by molar-refractivity contribution is 0.0606. The maximum absolute atomic E-state index is 11.4. The van der Waals surface area contributed by atoms with Crippen LogP contribution in [0.5, 0.6) is 0 Å². The monoisotopic (exact) mass is 319 g/mol. The molecule has 0 unspecified atom stereocenters. The maximum atomic E-state index is 11.4. The number of methoxy groups -OCH3 is 1. The van der Waals surface area contributed by atoms with Crippen LogP contribution >= 0.6 is 22.9 Å². The number of halogens is 1. The van der Waals surface area contributed by atoms with E-state index < -0.39 is 5.97 Å². The zero-order valence-electron chi connectivity index (χ0n) is 11.0. The quantitative estimate of drug-likeness (QED) is 0.742. The molecule has 3 aromatic rings. The highest BCUT2D eigenvalue weighted by Crippen LogP contribution is 2.31. The summed E-state index contributed by atoms with van der Waals surface area (Å²) in [7, 11) is 1.34. The molecule has 0 saturated heterocycles. The van der Waals surface area contributed by atoms with Crippen molar-refractivity contribution in [3.8, 4) is 0 Å². The number of hydrogen-bond donors (Lipinski definition) is 1. The van der Waals surface area contributed by atoms with E-state index in [9.17, 15) is 4.79 Å². The minimum absolute atomic E-state index is 0.403. The van der Waals surface area contributed by atoms with Gasteiger partial charge in [0.25, 0.3) is 0 Å². The van der Waals surface area contributed by atoms with Crippen LogP contribution in [0.25, 0.3) is 10.9 Å². The number of nitrogens with one attached hydrogen (secondary N) is 1. The van der Waals surface area contributed by atoms with E-state index in [2.05, 4.69) is 20.0 Å². The van der Waals surface area contributed by atoms with Crippen molar-refractivity contribution < 1.29 is 9.53 Å². The van der Waals surface area contributed by atoms with Crippen LogP contribution < -0.4 is 5.32 Å². The summed E-state index contributed by atoms with van der Waals surface area (Å²) in [5.41, 5.74) is 1.53. The average Bonchev–Trinajstić information content (AvgIpc) is 2.98. The van der Waals surface area contributed by atoms with E-state index in [0.29, 0.717) is 15.0 Å². The van der Waals surface area contributed by atoms with Gasteiger partial charge < -0.3 is 10.1 Å². The first-order valence-corrected chi connectivity index (χ1v) is 7.23. The number of rotatable bonds is 3. The van der Waals surface area contributed by atoms with Gasteiger partial charge in [-0.05, 0) is 24.3 Å². The lowest BCUT2D eigenvalue weighted by atomic mass is 10.2. The Hall–Kier alpha value is -2.18. The molecule has 0 aliphatic carbocycles. The standard InChI is InChI=1S/C14H10ClN3O2S/c1-20-13(19)11-7-17-14(21-11)18-10-5-4-9(15)8-3-2-6-16-12(8)10/h2-7H,1H3,(H,17,18). The van der Waals surface area contributed by atoms with Crippen LogP contribution in [0.15, 0.2) is 36.7 Å². The van der Waals surface area contributed by atoms with Crippen molar-refractivity contribution in [2.24, 2.45) is 0 Å². The topological polar surface area (TPSA) is 64.1 Å². The van der Waals surface area contributed by atoms with Gasteiger partial charge in [0.15, 0.2) is 5.13 Å². The summed E-state index contributed by atoms with van der Waals surface area (Å²) >= 11 is 7.37. The number of aromatic nitrogens is 2. The third kappa shape index (κ3) is 2.68. The second-order valence-electron chi connectivity index (χ2n) is 4.14. The zero-order valence-corrected chi connectivity index (χ0v) is 12.5. The fourth-order valence-corrected chi connectivity index (χ4v) is 2.84. The number of anilines is 2. The van der Waals surface area contributed by atoms with Crippen LogP contribution in [0.3, 0.4) is 0 Å². The van der Waals surface area contributed by atoms with Gasteiger partial charge in [0.2, 0.25) is 0 Å². The molecule has 2 heterocycles. The molecule has 21 heavy (non-hydrogen) atoms. The highest BCUT2D eigenvalue weighted by Gasteiger charge is 2.12. The first kappa shape index (κ1) is 13.8. The van der Waals surface area contributed by atoms with Gasteiger partial charge in [-0.1, -0.05) is 22.9 Å². The highest BCUT2D eigenvalue weighted by atomic mass is 35.5. The maximum Gasteiger partial charge on any atom is 0.349 e. The Kier molecular flexibility index (Phi) is 3.72. The summed E-state index contributed by atoms with van der Waals surface area (Å²) in [6, 6.07) is 7.36. The van der Waals surface area contributed by atoms with E-state index in [1.165, 1.54) is 24.6 Å². The number of esters is 1. The largest absolute Gasteiger partial charge is 0.465 e. The number of ether oxygens (including phenoxy) is 1. The van der Waals surface area contributed by atoms with E-state index in [1.807, 2.05) is 18.2 Å². The Balaban J connectivity index is 1.97. The first-order chi connectivity index (χ1) is 10.2. The van der Waals surface area contributed by atoms with Gasteiger partial charge in [-0.25, -0.2) is 9.78 Å². The number of fused-ring (bicyclic) bond motifs is 1. The average molecular weight is 320 g/mol. The number of nitrogens with zero attached hydrogens (tertiary/aromatic N) is 2. The van der Waals surface area contributed by atoms with Crippen LogP contribution in [0.4, 0.5) is 10.8 Å². The number of thiazole rings is 1. The Morgan fingerprint density at radius 2 is 2.19 bits per heavy atom. The van der Waals surface area contributed by atoms with Crippen LogP contribution in [-0.4, -0.2) is 23.0 Å². The van der Waals surface area contributed by atoms with Gasteiger partial charge >= 0.3 is 5.97 Å². The molecule has 0 bridgehead atoms. The first-order valence-electron chi connectivity index (χ1n) is 6.03. The van der Waals surface area contributed by atoms with Crippen molar-refractivity contribution in [2.75, 3.05) is 12.4 Å². The normalized spacial score (nSPS) is 10.6. The molecule has 0 aliphatic heterocycles. The van der Waals surface area contributed by atoms with Crippen molar-refractivity contribution in [2.45, 2.75) is 0 Å². The predicted octanol–water partition coefficient (Wildman–Crippen LogP) is 3.87. The van der Waals surface area contributed by atoms with E-state index in [1.54, 1.807) is 12.3 Å². The molecule has 106 valence electrons. The molecule has 0 amide bonds. The minimum atomic E-state index is -0.403. The molecule has 0 fully saturated rings. The predicted molar refractivity (Wildman–Crippen MR) is 83.5 cm³/mol. The third-order valence-corrected chi connectivity index (χ3v) is 4.07. The number of pyridine rings is 1. The summed E-state index contributed by atoms with van der Waals surface area (Å²) in [6.45, 7) is 0. The number of hydrogen-bond acceptors (Lipinski definition) is 6. The van der Waals surface area contributed by atoms with Crippen LogP contribution in [0.2, 0.25) is 5.02 Å². The Morgan fingerprint density at radius 1 is 1.33 bits per heavy atom. The van der Waals surface area contributed by atoms with Crippen molar-refractivity contribution in [3.63, 3.8) is 0 Å². The van der Waals surface area contributed by atoms with Gasteiger partial charge in [0, 0.05) is 11.6 Å². The smallest absolute Gasteiger partial charge is 0.349 e. The summed E-state index contributed by atoms with van der Waals surface area (Å²) in [5, 5.41) is 5.23. The van der Waals surface area contributed by atoms with E-state index >= 15 is 0 Å². The fourth-order valence-electron chi connectivity index (χ4n) is 1.88. The lowest BCUT2D eigenvalue weighted by Gasteiger charge is -2.07. The van der Waals surface area contributed by atoms with E-state index in [4.69, 9.17) is 11.6 Å². The molecule has 1 N–H and O–H groups in total. The van der Waals surface area contributed by atoms with E-state index in [-0.39, 0.29) is 0 Å². The molecule has 3 rings (SSSR count). The molecule has 5 nitrogen and oxygen atoms in total. The SMILES string of the molecule is COC(=O)c1cnc(Nc2ccc(Cl)c3cccnc23)s1. The molecule has 0 spiro atoms. The molecule has 0 atom stereocenters. The van der Waals surface area contributed by atoms with Crippen LogP contribution in [0, 0.1) is 0 Å². The second-order valence-corrected chi connectivity index (χ2v) is 5.58. The Morgan fingerprint density at radius 3 is 3.00 bits per heavy atom. The molecule has 0 saturated carbocycles. The lowest BCUT2D eigenvalue weighted by Crippen LogP contribution is -1.96. The molecule has 7 heteroatoms. The molecule has 0 radical (unpaired) electrons. The Labute approximate surface area is 129 Å². The fraction of sp³-hybridized carbons (Fsp3) is 0.0714. The van der Waals surface area contributed by atoms with Crippen molar-refractivity contribution >= 4 is 50.6 Å². The van der Waals surface area contributed by atoms with Gasteiger partial charge in [-0.3, -0.25) is 4.98 Å². The molecular weight excluding hydrogens is 310 g/mol. The summed E-state index contributed by atoms with van der Waals surface area (Å²) in [5.74, 6) is -0.403.